The Kier molecular flexibility index (Phi) is 2.10. The standard InChI is InChI=1S/C11H6FNO2.Al.H/c12-6-4-7(14)10-9(5-6)15-8-2-1-3-13-11(8)10;;/h1-5,14H;;/q;+1;/p-1. The molecule has 0 spiro atoms. The minimum atomic E-state index is -0.381. The highest BCUT2D eigenvalue weighted by molar-refractivity contribution is 6.09. The fourth-order valence-corrected chi connectivity index (χ4v) is 1.99. The molecule has 2 heterocycles. The van der Waals surface area contributed by atoms with Gasteiger partial charge in [-0.15, -0.1) is 0 Å². The van der Waals surface area contributed by atoms with Crippen LogP contribution in [0.3, 0.4) is 0 Å². The molecule has 0 unspecified atom stereocenters. The second-order valence-corrected chi connectivity index (χ2v) is 3.66. The highest BCUT2D eigenvalue weighted by Gasteiger charge is 2.13. The smallest absolute Gasteiger partial charge is 0.494 e. The van der Waals surface area contributed by atoms with Gasteiger partial charge in [0.05, 0.1) is 11.1 Å². The van der Waals surface area contributed by atoms with Gasteiger partial charge >= 0.3 is 16.6 Å². The number of fused-ring (bicyclic) bond motifs is 3. The van der Waals surface area contributed by atoms with Crippen LogP contribution in [0.2, 0.25) is 0 Å². The van der Waals surface area contributed by atoms with Crippen molar-refractivity contribution in [2.75, 3.05) is 0 Å². The zero-order valence-electron chi connectivity index (χ0n) is 8.24. The monoisotopic (exact) mass is 230 g/mol. The molecule has 1 radical (unpaired) electrons. The van der Waals surface area contributed by atoms with Crippen LogP contribution in [0, 0.1) is 5.82 Å². The quantitative estimate of drug-likeness (QED) is 0.602. The van der Waals surface area contributed by atoms with E-state index in [1.54, 1.807) is 18.3 Å². The number of halogens is 1. The van der Waals surface area contributed by atoms with Gasteiger partial charge in [0.1, 0.15) is 16.9 Å². The molecule has 0 saturated heterocycles. The molecule has 0 aliphatic heterocycles. The van der Waals surface area contributed by atoms with Gasteiger partial charge in [0.25, 0.3) is 0 Å². The molecule has 0 aliphatic rings. The third-order valence-corrected chi connectivity index (χ3v) is 2.72. The average molecular weight is 230 g/mol. The number of hydrogen-bond donors (Lipinski definition) is 0. The zero-order chi connectivity index (χ0) is 11.1. The molecule has 2 aromatic heterocycles. The summed E-state index contributed by atoms with van der Waals surface area (Å²) in [6.45, 7) is 0. The van der Waals surface area contributed by atoms with E-state index < -0.39 is 0 Å². The molecule has 0 atom stereocenters. The molecule has 0 bridgehead atoms. The number of hydrogen-bond acceptors (Lipinski definition) is 3. The maximum atomic E-state index is 13.3. The fraction of sp³-hybridized carbons (Fsp3) is 0. The lowest BCUT2D eigenvalue weighted by atomic mass is 10.2. The summed E-state index contributed by atoms with van der Waals surface area (Å²) in [6.07, 6.45) is 1.67. The first-order valence-corrected chi connectivity index (χ1v) is 5.26. The summed E-state index contributed by atoms with van der Waals surface area (Å²) in [6, 6.07) is 6.23. The van der Waals surface area contributed by atoms with E-state index in [4.69, 9.17) is 8.21 Å². The fourth-order valence-electron chi connectivity index (χ4n) is 1.76. The molecule has 0 saturated carbocycles. The van der Waals surface area contributed by atoms with E-state index in [0.29, 0.717) is 27.8 Å². The molecule has 16 heavy (non-hydrogen) atoms. The lowest BCUT2D eigenvalue weighted by molar-refractivity contribution is 0.586. The van der Waals surface area contributed by atoms with Crippen molar-refractivity contribution in [3.63, 3.8) is 0 Å². The van der Waals surface area contributed by atoms with Gasteiger partial charge in [-0.3, -0.25) is 4.98 Å². The Bertz CT molecular complexity index is 680. The molecule has 0 N–H and O–H groups in total. The molecule has 0 amide bonds. The minimum Gasteiger partial charge on any atom is -0.650 e. The summed E-state index contributed by atoms with van der Waals surface area (Å²) in [5, 5.41) is 0.715. The molecule has 5 heteroatoms. The largest absolute Gasteiger partial charge is 0.650 e. The maximum absolute atomic E-state index is 13.3. The third-order valence-electron chi connectivity index (χ3n) is 2.41. The van der Waals surface area contributed by atoms with Crippen molar-refractivity contribution in [1.29, 1.82) is 0 Å². The summed E-state index contributed by atoms with van der Waals surface area (Å²) < 4.78 is 23.9. The van der Waals surface area contributed by atoms with E-state index in [9.17, 15) is 4.39 Å². The molecule has 77 valence electrons. The van der Waals surface area contributed by atoms with E-state index in [1.165, 1.54) is 28.8 Å². The molecule has 3 rings (SSSR count). The minimum absolute atomic E-state index is 0.381. The van der Waals surface area contributed by atoms with Crippen LogP contribution in [0.5, 0.6) is 5.75 Å². The summed E-state index contributed by atoms with van der Waals surface area (Å²) in [4.78, 5) is 4.21. The van der Waals surface area contributed by atoms with Crippen LogP contribution < -0.4 is 3.79 Å². The Morgan fingerprint density at radius 1 is 1.31 bits per heavy atom. The maximum Gasteiger partial charge on any atom is 0.494 e. The van der Waals surface area contributed by atoms with Gasteiger partial charge in [0.2, 0.25) is 0 Å². The van der Waals surface area contributed by atoms with Crippen molar-refractivity contribution >= 4 is 38.7 Å². The number of aromatic nitrogens is 1. The number of rotatable bonds is 1. The summed E-state index contributed by atoms with van der Waals surface area (Å²) in [5.74, 6) is 0.0685. The van der Waals surface area contributed by atoms with Crippen molar-refractivity contribution in [1.82, 2.24) is 4.98 Å². The Labute approximate surface area is 98.6 Å². The van der Waals surface area contributed by atoms with E-state index >= 15 is 0 Å². The van der Waals surface area contributed by atoms with Crippen LogP contribution in [0.25, 0.3) is 22.1 Å². The highest BCUT2D eigenvalue weighted by Crippen LogP contribution is 2.34. The van der Waals surface area contributed by atoms with Crippen LogP contribution in [-0.2, 0) is 0 Å². The van der Waals surface area contributed by atoms with Crippen molar-refractivity contribution in [2.24, 2.45) is 0 Å². The van der Waals surface area contributed by atoms with Crippen LogP contribution in [-0.4, -0.2) is 21.6 Å². The van der Waals surface area contributed by atoms with Crippen LogP contribution in [0.15, 0.2) is 34.9 Å². The first kappa shape index (κ1) is 9.64. The molecule has 0 fully saturated rings. The summed E-state index contributed by atoms with van der Waals surface area (Å²) >= 11 is 1.30. The number of nitrogens with zero attached hydrogens (tertiary/aromatic N) is 1. The van der Waals surface area contributed by atoms with Crippen LogP contribution in [0.1, 0.15) is 0 Å². The topological polar surface area (TPSA) is 35.3 Å². The van der Waals surface area contributed by atoms with Crippen molar-refractivity contribution in [2.45, 2.75) is 0 Å². The average Bonchev–Trinajstić information content (AvgIpc) is 2.65. The summed E-state index contributed by atoms with van der Waals surface area (Å²) in [5.41, 5.74) is 1.78. The highest BCUT2D eigenvalue weighted by atomic mass is 27.1. The Morgan fingerprint density at radius 3 is 3.00 bits per heavy atom. The first-order valence-electron chi connectivity index (χ1n) is 4.68. The molecule has 1 aromatic carbocycles. The second kappa shape index (κ2) is 3.48. The van der Waals surface area contributed by atoms with E-state index in [2.05, 4.69) is 4.98 Å². The van der Waals surface area contributed by atoms with Gasteiger partial charge in [-0.1, -0.05) is 0 Å². The van der Waals surface area contributed by atoms with Gasteiger partial charge in [0.15, 0.2) is 5.58 Å². The zero-order valence-corrected chi connectivity index (χ0v) is 9.65. The van der Waals surface area contributed by atoms with Crippen LogP contribution in [0.4, 0.5) is 4.39 Å². The third kappa shape index (κ3) is 1.29. The second-order valence-electron chi connectivity index (χ2n) is 3.37. The lowest BCUT2D eigenvalue weighted by Gasteiger charge is -2.03. The normalized spacial score (nSPS) is 11.1. The summed E-state index contributed by atoms with van der Waals surface area (Å²) in [7, 11) is 0. The van der Waals surface area contributed by atoms with Crippen molar-refractivity contribution in [3.05, 3.63) is 36.3 Å². The Balaban J connectivity index is 2.55. The van der Waals surface area contributed by atoms with E-state index in [1.807, 2.05) is 0 Å². The van der Waals surface area contributed by atoms with E-state index in [-0.39, 0.29) is 5.82 Å². The SMILES string of the molecule is Fc1cc([O][AlH])c2c(c1)oc1cccnc12. The molecule has 0 aliphatic carbocycles. The van der Waals surface area contributed by atoms with Crippen LogP contribution >= 0.6 is 0 Å². The van der Waals surface area contributed by atoms with E-state index in [0.717, 1.165) is 0 Å². The molecule has 3 aromatic rings. The van der Waals surface area contributed by atoms with Gasteiger partial charge in [-0.05, 0) is 12.1 Å². The Morgan fingerprint density at radius 2 is 2.19 bits per heavy atom. The number of benzene rings is 1. The van der Waals surface area contributed by atoms with Gasteiger partial charge in [0, 0.05) is 18.3 Å². The molecule has 3 nitrogen and oxygen atoms in total. The van der Waals surface area contributed by atoms with Gasteiger partial charge in [-0.25, -0.2) is 4.39 Å². The Hall–Kier alpha value is -1.57. The van der Waals surface area contributed by atoms with Gasteiger partial charge in [-0.2, -0.15) is 0 Å². The predicted octanol–water partition coefficient (Wildman–Crippen LogP) is 2.31. The van der Waals surface area contributed by atoms with Gasteiger partial charge < -0.3 is 8.21 Å². The number of furan rings is 1. The first-order chi connectivity index (χ1) is 7.79. The van der Waals surface area contributed by atoms with Crippen molar-refractivity contribution < 1.29 is 12.6 Å². The lowest BCUT2D eigenvalue weighted by Crippen LogP contribution is -1.87. The number of pyridine rings is 1. The molecular formula is C11H6AlFNO2. The predicted molar refractivity (Wildman–Crippen MR) is 59.3 cm³/mol. The molecular weight excluding hydrogens is 224 g/mol. The van der Waals surface area contributed by atoms with Crippen molar-refractivity contribution in [3.8, 4) is 5.75 Å².